The number of carbonyl (C=O) groups is 1. The molecule has 6 nitrogen and oxygen atoms in total. The second kappa shape index (κ2) is 4.55. The lowest BCUT2D eigenvalue weighted by Gasteiger charge is -2.16. The van der Waals surface area contributed by atoms with Crippen molar-refractivity contribution < 1.29 is 4.79 Å². The minimum absolute atomic E-state index is 0.0876. The first kappa shape index (κ1) is 12.0. The summed E-state index contributed by atoms with van der Waals surface area (Å²) < 4.78 is 1.99. The van der Waals surface area contributed by atoms with Gasteiger partial charge in [-0.05, 0) is 18.6 Å². The minimum atomic E-state index is -0.236. The normalized spacial score (nSPS) is 19.2. The van der Waals surface area contributed by atoms with Gasteiger partial charge in [0.15, 0.2) is 5.82 Å². The Morgan fingerprint density at radius 3 is 3.00 bits per heavy atom. The molecule has 3 heterocycles. The molecule has 3 rings (SSSR count). The van der Waals surface area contributed by atoms with Crippen LogP contribution >= 0.6 is 0 Å². The van der Waals surface area contributed by atoms with Crippen molar-refractivity contribution in [2.45, 2.75) is 13.0 Å². The van der Waals surface area contributed by atoms with E-state index in [1.54, 1.807) is 0 Å². The lowest BCUT2D eigenvalue weighted by molar-refractivity contribution is -0.121. The summed E-state index contributed by atoms with van der Waals surface area (Å²) in [5.74, 6) is 0.549. The molecule has 2 aromatic heterocycles. The van der Waals surface area contributed by atoms with Crippen LogP contribution < -0.4 is 16.4 Å². The molecule has 0 spiro atoms. The number of nitrogens with zero attached hydrogens (tertiary/aromatic N) is 3. The number of imidazole rings is 1. The van der Waals surface area contributed by atoms with Crippen molar-refractivity contribution in [2.75, 3.05) is 18.0 Å². The van der Waals surface area contributed by atoms with E-state index in [9.17, 15) is 4.79 Å². The van der Waals surface area contributed by atoms with Crippen molar-refractivity contribution >= 4 is 17.4 Å². The van der Waals surface area contributed by atoms with Crippen LogP contribution in [0.15, 0.2) is 24.4 Å². The number of fused-ring (bicyclic) bond motifs is 1. The SMILES string of the molecule is NCc1c(N2CCC(C(N)=O)C2)nc2ccccn12. The Labute approximate surface area is 111 Å². The van der Waals surface area contributed by atoms with Crippen LogP contribution in [-0.2, 0) is 11.3 Å². The Kier molecular flexibility index (Phi) is 2.87. The van der Waals surface area contributed by atoms with Crippen LogP contribution in [0.4, 0.5) is 5.82 Å². The van der Waals surface area contributed by atoms with Gasteiger partial charge >= 0.3 is 0 Å². The summed E-state index contributed by atoms with van der Waals surface area (Å²) in [6.45, 7) is 1.84. The number of anilines is 1. The van der Waals surface area contributed by atoms with E-state index in [1.165, 1.54) is 0 Å². The molecule has 0 aliphatic carbocycles. The van der Waals surface area contributed by atoms with Crippen molar-refractivity contribution in [3.05, 3.63) is 30.1 Å². The molecule has 19 heavy (non-hydrogen) atoms. The zero-order valence-corrected chi connectivity index (χ0v) is 10.6. The number of rotatable bonds is 3. The van der Waals surface area contributed by atoms with Gasteiger partial charge in [-0.15, -0.1) is 0 Å². The second-order valence-corrected chi connectivity index (χ2v) is 4.85. The van der Waals surface area contributed by atoms with E-state index >= 15 is 0 Å². The monoisotopic (exact) mass is 259 g/mol. The van der Waals surface area contributed by atoms with Crippen LogP contribution in [0.5, 0.6) is 0 Å². The molecular formula is C13H17N5O. The Hall–Kier alpha value is -2.08. The van der Waals surface area contributed by atoms with Gasteiger partial charge in [0, 0.05) is 25.8 Å². The molecule has 1 amide bonds. The van der Waals surface area contributed by atoms with Crippen LogP contribution in [-0.4, -0.2) is 28.4 Å². The summed E-state index contributed by atoms with van der Waals surface area (Å²) in [7, 11) is 0. The molecule has 1 aliphatic rings. The van der Waals surface area contributed by atoms with Gasteiger partial charge in [-0.25, -0.2) is 4.98 Å². The quantitative estimate of drug-likeness (QED) is 0.818. The van der Waals surface area contributed by atoms with Crippen LogP contribution in [0.25, 0.3) is 5.65 Å². The number of primary amides is 1. The van der Waals surface area contributed by atoms with Crippen LogP contribution in [0.1, 0.15) is 12.1 Å². The van der Waals surface area contributed by atoms with E-state index in [2.05, 4.69) is 9.88 Å². The first-order chi connectivity index (χ1) is 9.20. The fourth-order valence-corrected chi connectivity index (χ4v) is 2.66. The highest BCUT2D eigenvalue weighted by Crippen LogP contribution is 2.27. The highest BCUT2D eigenvalue weighted by atomic mass is 16.1. The number of hydrogen-bond donors (Lipinski definition) is 2. The van der Waals surface area contributed by atoms with E-state index in [1.807, 2.05) is 28.8 Å². The van der Waals surface area contributed by atoms with Crippen LogP contribution in [0.3, 0.4) is 0 Å². The molecule has 1 atom stereocenters. The number of nitrogens with two attached hydrogens (primary N) is 2. The Bertz CT molecular complexity index is 621. The summed E-state index contributed by atoms with van der Waals surface area (Å²) in [5, 5.41) is 0. The average Bonchev–Trinajstić information content (AvgIpc) is 3.02. The van der Waals surface area contributed by atoms with Gasteiger partial charge in [0.25, 0.3) is 0 Å². The van der Waals surface area contributed by atoms with E-state index in [0.29, 0.717) is 13.1 Å². The van der Waals surface area contributed by atoms with Crippen molar-refractivity contribution in [1.29, 1.82) is 0 Å². The number of carbonyl (C=O) groups excluding carboxylic acids is 1. The Balaban J connectivity index is 1.99. The average molecular weight is 259 g/mol. The molecular weight excluding hydrogens is 242 g/mol. The second-order valence-electron chi connectivity index (χ2n) is 4.85. The lowest BCUT2D eigenvalue weighted by atomic mass is 10.1. The summed E-state index contributed by atoms with van der Waals surface area (Å²) in [5.41, 5.74) is 13.1. The van der Waals surface area contributed by atoms with Gasteiger partial charge in [-0.2, -0.15) is 0 Å². The third kappa shape index (κ3) is 1.94. The fourth-order valence-electron chi connectivity index (χ4n) is 2.66. The first-order valence-corrected chi connectivity index (χ1v) is 6.41. The molecule has 1 saturated heterocycles. The van der Waals surface area contributed by atoms with Gasteiger partial charge in [0.1, 0.15) is 5.65 Å². The summed E-state index contributed by atoms with van der Waals surface area (Å²) >= 11 is 0. The van der Waals surface area contributed by atoms with E-state index < -0.39 is 0 Å². The molecule has 1 fully saturated rings. The predicted octanol–water partition coefficient (Wildman–Crippen LogP) is 0.105. The van der Waals surface area contributed by atoms with Crippen molar-refractivity contribution in [3.8, 4) is 0 Å². The van der Waals surface area contributed by atoms with Gasteiger partial charge in [-0.3, -0.25) is 4.79 Å². The Morgan fingerprint density at radius 1 is 1.47 bits per heavy atom. The number of aromatic nitrogens is 2. The zero-order valence-electron chi connectivity index (χ0n) is 10.6. The standard InChI is InChI=1S/C13H17N5O/c14-7-10-13(16-11-3-1-2-5-18(10)11)17-6-4-9(8-17)12(15)19/h1-3,5,9H,4,6-8,14H2,(H2,15,19). The summed E-state index contributed by atoms with van der Waals surface area (Å²) in [4.78, 5) is 18.0. The van der Waals surface area contributed by atoms with E-state index in [0.717, 1.165) is 30.1 Å². The summed E-state index contributed by atoms with van der Waals surface area (Å²) in [6, 6.07) is 5.85. The highest BCUT2D eigenvalue weighted by Gasteiger charge is 2.29. The van der Waals surface area contributed by atoms with Gasteiger partial charge < -0.3 is 20.8 Å². The van der Waals surface area contributed by atoms with Crippen molar-refractivity contribution in [2.24, 2.45) is 17.4 Å². The highest BCUT2D eigenvalue weighted by molar-refractivity contribution is 5.78. The maximum atomic E-state index is 11.3. The smallest absolute Gasteiger partial charge is 0.222 e. The maximum Gasteiger partial charge on any atom is 0.222 e. The van der Waals surface area contributed by atoms with Crippen molar-refractivity contribution in [1.82, 2.24) is 9.38 Å². The molecule has 1 aliphatic heterocycles. The maximum absolute atomic E-state index is 11.3. The molecule has 4 N–H and O–H groups in total. The summed E-state index contributed by atoms with van der Waals surface area (Å²) in [6.07, 6.45) is 2.74. The molecule has 2 aromatic rings. The first-order valence-electron chi connectivity index (χ1n) is 6.41. The van der Waals surface area contributed by atoms with Crippen LogP contribution in [0.2, 0.25) is 0 Å². The molecule has 0 bridgehead atoms. The fraction of sp³-hybridized carbons (Fsp3) is 0.385. The van der Waals surface area contributed by atoms with Gasteiger partial charge in [-0.1, -0.05) is 6.07 Å². The topological polar surface area (TPSA) is 89.6 Å². The molecule has 1 unspecified atom stereocenters. The zero-order chi connectivity index (χ0) is 13.4. The predicted molar refractivity (Wildman–Crippen MR) is 72.6 cm³/mol. The van der Waals surface area contributed by atoms with E-state index in [4.69, 9.17) is 11.5 Å². The number of amides is 1. The third-order valence-corrected chi connectivity index (χ3v) is 3.69. The van der Waals surface area contributed by atoms with Crippen molar-refractivity contribution in [3.63, 3.8) is 0 Å². The molecule has 0 saturated carbocycles. The largest absolute Gasteiger partial charge is 0.369 e. The third-order valence-electron chi connectivity index (χ3n) is 3.69. The Morgan fingerprint density at radius 2 is 2.32 bits per heavy atom. The lowest BCUT2D eigenvalue weighted by Crippen LogP contribution is -2.28. The van der Waals surface area contributed by atoms with Crippen LogP contribution in [0, 0.1) is 5.92 Å². The molecule has 0 aromatic carbocycles. The molecule has 0 radical (unpaired) electrons. The molecule has 100 valence electrons. The van der Waals surface area contributed by atoms with Gasteiger partial charge in [0.05, 0.1) is 11.6 Å². The van der Waals surface area contributed by atoms with E-state index in [-0.39, 0.29) is 11.8 Å². The minimum Gasteiger partial charge on any atom is -0.369 e. The number of pyridine rings is 1. The number of hydrogen-bond acceptors (Lipinski definition) is 4. The van der Waals surface area contributed by atoms with Gasteiger partial charge in [0.2, 0.25) is 5.91 Å². The molecule has 6 heteroatoms.